The van der Waals surface area contributed by atoms with E-state index in [4.69, 9.17) is 0 Å². The molecule has 0 unspecified atom stereocenters. The molecule has 0 saturated carbocycles. The van der Waals surface area contributed by atoms with Crippen LogP contribution in [0, 0.1) is 10.1 Å². The molecule has 2 rings (SSSR count). The number of hydrogen-bond donors (Lipinski definition) is 1. The molecule has 1 aliphatic rings. The molecule has 1 saturated heterocycles. The maximum absolute atomic E-state index is 11.7. The number of carbonyl (C=O) groups excluding carboxylic acids is 1. The number of carbonyl (C=O) groups is 2. The molecule has 1 N–H and O–H groups in total. The molecule has 0 spiro atoms. The van der Waals surface area contributed by atoms with Crippen LogP contribution in [0.25, 0.3) is 0 Å². The molecule has 0 aliphatic carbocycles. The zero-order valence-electron chi connectivity index (χ0n) is 11.6. The average Bonchev–Trinajstić information content (AvgIpc) is 2.95. The van der Waals surface area contributed by atoms with E-state index in [1.807, 2.05) is 0 Å². The van der Waals surface area contributed by atoms with Crippen molar-refractivity contribution in [2.24, 2.45) is 0 Å². The summed E-state index contributed by atoms with van der Waals surface area (Å²) in [5, 5.41) is 20.4. The predicted molar refractivity (Wildman–Crippen MR) is 75.7 cm³/mol. The number of aliphatic carboxylic acids is 1. The summed E-state index contributed by atoms with van der Waals surface area (Å²) in [5.74, 6) is -1.17. The van der Waals surface area contributed by atoms with E-state index in [0.29, 0.717) is 19.4 Å². The molecule has 21 heavy (non-hydrogen) atoms. The Morgan fingerprint density at radius 2 is 2.19 bits per heavy atom. The Hall–Kier alpha value is -2.44. The predicted octanol–water partition coefficient (Wildman–Crippen LogP) is 2.24. The normalized spacial score (nSPS) is 17.8. The van der Waals surface area contributed by atoms with Gasteiger partial charge in [0, 0.05) is 24.6 Å². The first-order valence-electron chi connectivity index (χ1n) is 6.76. The summed E-state index contributed by atoms with van der Waals surface area (Å²) in [5.41, 5.74) is 0.319. The van der Waals surface area contributed by atoms with Gasteiger partial charge in [0.25, 0.3) is 5.69 Å². The third-order valence-corrected chi connectivity index (χ3v) is 3.66. The first-order valence-corrected chi connectivity index (χ1v) is 6.76. The lowest BCUT2D eigenvalue weighted by Crippen LogP contribution is -2.36. The molecule has 1 aromatic rings. The molecule has 0 amide bonds. The number of Topliss-reactive ketones (excluding diaryl/α,β-unsaturated/α-hetero) is 1. The number of nitro benzene ring substituents is 1. The van der Waals surface area contributed by atoms with E-state index in [0.717, 1.165) is 0 Å². The Morgan fingerprint density at radius 3 is 2.76 bits per heavy atom. The van der Waals surface area contributed by atoms with E-state index in [-0.39, 0.29) is 29.1 Å². The molecule has 0 radical (unpaired) electrons. The topological polar surface area (TPSA) is 101 Å². The first-order chi connectivity index (χ1) is 9.95. The fourth-order valence-corrected chi connectivity index (χ4v) is 2.60. The minimum Gasteiger partial charge on any atom is -0.480 e. The van der Waals surface area contributed by atoms with Gasteiger partial charge in [-0.05, 0) is 25.0 Å². The van der Waals surface area contributed by atoms with E-state index >= 15 is 0 Å². The van der Waals surface area contributed by atoms with Crippen LogP contribution in [0.15, 0.2) is 18.2 Å². The largest absolute Gasteiger partial charge is 0.480 e. The number of benzene rings is 1. The smallest absolute Gasteiger partial charge is 0.326 e. The van der Waals surface area contributed by atoms with Crippen molar-refractivity contribution in [3.05, 3.63) is 33.9 Å². The fraction of sp³-hybridized carbons (Fsp3) is 0.429. The molecule has 1 aliphatic heterocycles. The summed E-state index contributed by atoms with van der Waals surface area (Å²) >= 11 is 0. The Bertz CT molecular complexity index is 599. The Balaban J connectivity index is 2.46. The number of nitro groups is 1. The van der Waals surface area contributed by atoms with Crippen LogP contribution in [0.5, 0.6) is 0 Å². The van der Waals surface area contributed by atoms with Crippen LogP contribution in [0.3, 0.4) is 0 Å². The van der Waals surface area contributed by atoms with Crippen molar-refractivity contribution in [1.29, 1.82) is 0 Å². The fourth-order valence-electron chi connectivity index (χ4n) is 2.60. The van der Waals surface area contributed by atoms with E-state index < -0.39 is 16.9 Å². The average molecular weight is 292 g/mol. The standard InChI is InChI=1S/C14H16N2O5/c1-2-13(17)9-5-6-10(12(8-9)16(20)21)15-7-3-4-11(15)14(18)19/h5-6,8,11H,2-4,7H2,1H3,(H,18,19)/t11-/m1/s1. The molecule has 112 valence electrons. The summed E-state index contributed by atoms with van der Waals surface area (Å²) < 4.78 is 0. The third-order valence-electron chi connectivity index (χ3n) is 3.66. The van der Waals surface area contributed by atoms with E-state index in [1.165, 1.54) is 23.1 Å². The van der Waals surface area contributed by atoms with Gasteiger partial charge < -0.3 is 10.0 Å². The van der Waals surface area contributed by atoms with Crippen molar-refractivity contribution in [2.45, 2.75) is 32.2 Å². The van der Waals surface area contributed by atoms with Gasteiger partial charge in [0.1, 0.15) is 11.7 Å². The molecular weight excluding hydrogens is 276 g/mol. The Kier molecular flexibility index (Phi) is 4.21. The number of hydrogen-bond acceptors (Lipinski definition) is 5. The monoisotopic (exact) mass is 292 g/mol. The van der Waals surface area contributed by atoms with E-state index in [1.54, 1.807) is 6.92 Å². The van der Waals surface area contributed by atoms with Gasteiger partial charge in [0.15, 0.2) is 5.78 Å². The maximum Gasteiger partial charge on any atom is 0.326 e. The lowest BCUT2D eigenvalue weighted by Gasteiger charge is -2.23. The van der Waals surface area contributed by atoms with Gasteiger partial charge in [-0.25, -0.2) is 4.79 Å². The minimum atomic E-state index is -0.990. The number of nitrogens with zero attached hydrogens (tertiary/aromatic N) is 2. The molecule has 7 heteroatoms. The lowest BCUT2D eigenvalue weighted by atomic mass is 10.1. The van der Waals surface area contributed by atoms with Crippen LogP contribution in [-0.4, -0.2) is 34.4 Å². The Morgan fingerprint density at radius 1 is 1.48 bits per heavy atom. The van der Waals surface area contributed by atoms with Gasteiger partial charge in [-0.2, -0.15) is 0 Å². The van der Waals surface area contributed by atoms with Crippen molar-refractivity contribution in [2.75, 3.05) is 11.4 Å². The number of ketones is 1. The summed E-state index contributed by atoms with van der Waals surface area (Å²) in [7, 11) is 0. The quantitative estimate of drug-likeness (QED) is 0.507. The number of carboxylic acids is 1. The van der Waals surface area contributed by atoms with Crippen LogP contribution in [0.4, 0.5) is 11.4 Å². The van der Waals surface area contributed by atoms with E-state index in [2.05, 4.69) is 0 Å². The van der Waals surface area contributed by atoms with Gasteiger partial charge in [-0.3, -0.25) is 14.9 Å². The summed E-state index contributed by atoms with van der Waals surface area (Å²) in [6.45, 7) is 2.14. The number of anilines is 1. The second kappa shape index (κ2) is 5.90. The molecule has 1 heterocycles. The summed E-state index contributed by atoms with van der Waals surface area (Å²) in [6, 6.07) is 3.47. The van der Waals surface area contributed by atoms with Crippen LogP contribution in [0.2, 0.25) is 0 Å². The van der Waals surface area contributed by atoms with Crippen molar-refractivity contribution in [1.82, 2.24) is 0 Å². The van der Waals surface area contributed by atoms with Crippen LogP contribution < -0.4 is 4.90 Å². The second-order valence-corrected chi connectivity index (χ2v) is 4.93. The van der Waals surface area contributed by atoms with E-state index in [9.17, 15) is 24.8 Å². The molecule has 0 bridgehead atoms. The van der Waals surface area contributed by atoms with Crippen molar-refractivity contribution >= 4 is 23.1 Å². The highest BCUT2D eigenvalue weighted by Crippen LogP contribution is 2.34. The zero-order chi connectivity index (χ0) is 15.6. The van der Waals surface area contributed by atoms with Crippen LogP contribution in [0.1, 0.15) is 36.5 Å². The maximum atomic E-state index is 11.7. The first kappa shape index (κ1) is 15.0. The third kappa shape index (κ3) is 2.86. The van der Waals surface area contributed by atoms with Gasteiger partial charge >= 0.3 is 5.97 Å². The highest BCUT2D eigenvalue weighted by atomic mass is 16.6. The van der Waals surface area contributed by atoms with Crippen molar-refractivity contribution < 1.29 is 19.6 Å². The SMILES string of the molecule is CCC(=O)c1ccc(N2CCC[C@@H]2C(=O)O)c([N+](=O)[O-])c1. The lowest BCUT2D eigenvalue weighted by molar-refractivity contribution is -0.384. The van der Waals surface area contributed by atoms with Gasteiger partial charge in [-0.15, -0.1) is 0 Å². The molecular formula is C14H16N2O5. The molecule has 1 aromatic carbocycles. The van der Waals surface area contributed by atoms with Crippen LogP contribution in [-0.2, 0) is 4.79 Å². The molecule has 1 atom stereocenters. The van der Waals surface area contributed by atoms with Crippen molar-refractivity contribution in [3.63, 3.8) is 0 Å². The number of carboxylic acid groups (broad SMARTS) is 1. The van der Waals surface area contributed by atoms with Gasteiger partial charge in [-0.1, -0.05) is 6.92 Å². The van der Waals surface area contributed by atoms with Gasteiger partial charge in [0.05, 0.1) is 4.92 Å². The minimum absolute atomic E-state index is 0.180. The van der Waals surface area contributed by atoms with Gasteiger partial charge in [0.2, 0.25) is 0 Å². The summed E-state index contributed by atoms with van der Waals surface area (Å²) in [6.07, 6.45) is 1.39. The highest BCUT2D eigenvalue weighted by Gasteiger charge is 2.34. The second-order valence-electron chi connectivity index (χ2n) is 4.93. The molecule has 7 nitrogen and oxygen atoms in total. The molecule has 1 fully saturated rings. The molecule has 0 aromatic heterocycles. The highest BCUT2D eigenvalue weighted by molar-refractivity contribution is 5.97. The van der Waals surface area contributed by atoms with Crippen LogP contribution >= 0.6 is 0 Å². The number of rotatable bonds is 5. The Labute approximate surface area is 121 Å². The summed E-state index contributed by atoms with van der Waals surface area (Å²) in [4.78, 5) is 35.1. The zero-order valence-corrected chi connectivity index (χ0v) is 11.6. The van der Waals surface area contributed by atoms with Crippen molar-refractivity contribution in [3.8, 4) is 0 Å².